The number of pyridine rings is 1. The quantitative estimate of drug-likeness (QED) is 0.726. The number of nitrogens with two attached hydrogens (primary N) is 1. The molecule has 0 aliphatic rings. The number of sulfonamides is 1. The summed E-state index contributed by atoms with van der Waals surface area (Å²) < 4.78 is 38.2. The molecule has 2 heterocycles. The summed E-state index contributed by atoms with van der Waals surface area (Å²) in [7, 11) is -4.07. The SMILES string of the molecule is NS(=O)(=O)c1ccc(F)c(C(=O)Nc2cccnc2-n2cccn2)c1. The Hall–Kier alpha value is -3.11. The van der Waals surface area contributed by atoms with Crippen LogP contribution in [0.1, 0.15) is 10.4 Å². The van der Waals surface area contributed by atoms with Crippen LogP contribution in [0.15, 0.2) is 59.9 Å². The molecule has 0 atom stereocenters. The summed E-state index contributed by atoms with van der Waals surface area (Å²) in [6.45, 7) is 0. The minimum absolute atomic E-state index is 0.275. The van der Waals surface area contributed by atoms with Gasteiger partial charge in [-0.05, 0) is 36.4 Å². The Balaban J connectivity index is 1.97. The molecule has 3 rings (SSSR count). The number of nitrogens with zero attached hydrogens (tertiary/aromatic N) is 3. The molecule has 128 valence electrons. The van der Waals surface area contributed by atoms with Gasteiger partial charge >= 0.3 is 0 Å². The van der Waals surface area contributed by atoms with Crippen molar-refractivity contribution in [2.45, 2.75) is 4.90 Å². The largest absolute Gasteiger partial charge is 0.319 e. The van der Waals surface area contributed by atoms with Gasteiger partial charge in [-0.25, -0.2) is 27.6 Å². The van der Waals surface area contributed by atoms with Crippen molar-refractivity contribution in [3.63, 3.8) is 0 Å². The van der Waals surface area contributed by atoms with Crippen molar-refractivity contribution in [1.82, 2.24) is 14.8 Å². The van der Waals surface area contributed by atoms with E-state index in [2.05, 4.69) is 15.4 Å². The van der Waals surface area contributed by atoms with Crippen molar-refractivity contribution < 1.29 is 17.6 Å². The molecular weight excluding hydrogens is 349 g/mol. The predicted molar refractivity (Wildman–Crippen MR) is 87.1 cm³/mol. The number of carbonyl (C=O) groups excluding carboxylic acids is 1. The molecule has 1 aromatic carbocycles. The molecular formula is C15H12FN5O3S. The number of aromatic nitrogens is 3. The van der Waals surface area contributed by atoms with Crippen molar-refractivity contribution >= 4 is 21.6 Å². The van der Waals surface area contributed by atoms with Crippen LogP contribution in [0.25, 0.3) is 5.82 Å². The fourth-order valence-corrected chi connectivity index (χ4v) is 2.66. The topological polar surface area (TPSA) is 120 Å². The molecule has 0 saturated heterocycles. The number of carbonyl (C=O) groups is 1. The van der Waals surface area contributed by atoms with Crippen LogP contribution in [0.3, 0.4) is 0 Å². The lowest BCUT2D eigenvalue weighted by Gasteiger charge is -2.11. The first-order chi connectivity index (χ1) is 11.9. The first-order valence-electron chi connectivity index (χ1n) is 6.95. The lowest BCUT2D eigenvalue weighted by Crippen LogP contribution is -2.18. The van der Waals surface area contributed by atoms with E-state index in [9.17, 15) is 17.6 Å². The number of primary sulfonamides is 1. The number of benzene rings is 1. The molecule has 2 aromatic heterocycles. The first kappa shape index (κ1) is 16.7. The summed E-state index contributed by atoms with van der Waals surface area (Å²) in [5.74, 6) is -1.40. The summed E-state index contributed by atoms with van der Waals surface area (Å²) in [6, 6.07) is 7.55. The van der Waals surface area contributed by atoms with Gasteiger partial charge in [-0.2, -0.15) is 5.10 Å². The van der Waals surface area contributed by atoms with E-state index in [1.165, 1.54) is 17.1 Å². The number of hydrogen-bond donors (Lipinski definition) is 2. The number of amides is 1. The zero-order valence-corrected chi connectivity index (χ0v) is 13.4. The summed E-state index contributed by atoms with van der Waals surface area (Å²) in [4.78, 5) is 16.2. The third-order valence-corrected chi connectivity index (χ3v) is 4.18. The Morgan fingerprint density at radius 1 is 1.20 bits per heavy atom. The van der Waals surface area contributed by atoms with Gasteiger partial charge in [-0.3, -0.25) is 4.79 Å². The smallest absolute Gasteiger partial charge is 0.258 e. The van der Waals surface area contributed by atoms with E-state index in [1.807, 2.05) is 0 Å². The maximum absolute atomic E-state index is 14.0. The van der Waals surface area contributed by atoms with Crippen LogP contribution in [0, 0.1) is 5.82 Å². The molecule has 0 spiro atoms. The highest BCUT2D eigenvalue weighted by atomic mass is 32.2. The highest BCUT2D eigenvalue weighted by Crippen LogP contribution is 2.19. The molecule has 0 aliphatic heterocycles. The van der Waals surface area contributed by atoms with E-state index in [1.54, 1.807) is 24.4 Å². The molecule has 1 amide bonds. The number of halogens is 1. The molecule has 0 radical (unpaired) electrons. The Morgan fingerprint density at radius 3 is 2.68 bits per heavy atom. The standard InChI is InChI=1S/C15H12FN5O3S/c16-12-5-4-10(25(17,23)24)9-11(12)15(22)20-13-3-1-6-18-14(13)21-8-2-7-19-21/h1-9H,(H,20,22)(H2,17,23,24). The van der Waals surface area contributed by atoms with E-state index in [0.717, 1.165) is 18.2 Å². The van der Waals surface area contributed by atoms with Crippen molar-refractivity contribution in [3.05, 3.63) is 66.4 Å². The lowest BCUT2D eigenvalue weighted by molar-refractivity contribution is 0.102. The van der Waals surface area contributed by atoms with Gasteiger partial charge in [0.2, 0.25) is 10.0 Å². The van der Waals surface area contributed by atoms with Crippen molar-refractivity contribution in [2.24, 2.45) is 5.14 Å². The van der Waals surface area contributed by atoms with Crippen molar-refractivity contribution in [3.8, 4) is 5.82 Å². The highest BCUT2D eigenvalue weighted by molar-refractivity contribution is 7.89. The Kier molecular flexibility index (Phi) is 4.30. The molecule has 0 saturated carbocycles. The monoisotopic (exact) mass is 361 g/mol. The lowest BCUT2D eigenvalue weighted by atomic mass is 10.2. The van der Waals surface area contributed by atoms with Crippen molar-refractivity contribution in [1.29, 1.82) is 0 Å². The summed E-state index contributed by atoms with van der Waals surface area (Å²) in [5, 5.41) is 11.5. The van der Waals surface area contributed by atoms with Crippen molar-refractivity contribution in [2.75, 3.05) is 5.32 Å². The fraction of sp³-hybridized carbons (Fsp3) is 0. The van der Waals surface area contributed by atoms with Crippen LogP contribution in [-0.2, 0) is 10.0 Å². The normalized spacial score (nSPS) is 11.3. The van der Waals surface area contributed by atoms with E-state index >= 15 is 0 Å². The second-order valence-electron chi connectivity index (χ2n) is 4.97. The third-order valence-electron chi connectivity index (χ3n) is 3.27. The van der Waals surface area contributed by atoms with E-state index in [4.69, 9.17) is 5.14 Å². The molecule has 0 bridgehead atoms. The zero-order chi connectivity index (χ0) is 18.0. The van der Waals surface area contributed by atoms with Crippen LogP contribution in [0.4, 0.5) is 10.1 Å². The average Bonchev–Trinajstić information content (AvgIpc) is 3.09. The van der Waals surface area contributed by atoms with Crippen LogP contribution in [0.2, 0.25) is 0 Å². The Bertz CT molecular complexity index is 1040. The van der Waals surface area contributed by atoms with Gasteiger partial charge in [-0.1, -0.05) is 0 Å². The first-order valence-corrected chi connectivity index (χ1v) is 8.49. The Morgan fingerprint density at radius 2 is 2.00 bits per heavy atom. The third kappa shape index (κ3) is 3.54. The summed E-state index contributed by atoms with van der Waals surface area (Å²) in [6.07, 6.45) is 4.67. The van der Waals surface area contributed by atoms with Crippen LogP contribution in [-0.4, -0.2) is 29.1 Å². The minimum Gasteiger partial charge on any atom is -0.319 e. The molecule has 3 N–H and O–H groups in total. The van der Waals surface area contributed by atoms with Gasteiger partial charge in [0.1, 0.15) is 5.82 Å². The molecule has 3 aromatic rings. The predicted octanol–water partition coefficient (Wildman–Crippen LogP) is 1.31. The van der Waals surface area contributed by atoms with Gasteiger partial charge < -0.3 is 5.32 Å². The molecule has 0 aliphatic carbocycles. The number of anilines is 1. The minimum atomic E-state index is -4.07. The summed E-state index contributed by atoms with van der Waals surface area (Å²) >= 11 is 0. The second kappa shape index (κ2) is 6.42. The van der Waals surface area contributed by atoms with Gasteiger partial charge in [0.15, 0.2) is 5.82 Å². The van der Waals surface area contributed by atoms with Crippen LogP contribution >= 0.6 is 0 Å². The van der Waals surface area contributed by atoms with Gasteiger partial charge in [0, 0.05) is 18.6 Å². The zero-order valence-electron chi connectivity index (χ0n) is 12.6. The van der Waals surface area contributed by atoms with E-state index in [0.29, 0.717) is 5.82 Å². The fourth-order valence-electron chi connectivity index (χ4n) is 2.12. The van der Waals surface area contributed by atoms with Gasteiger partial charge in [-0.15, -0.1) is 0 Å². The maximum atomic E-state index is 14.0. The maximum Gasteiger partial charge on any atom is 0.258 e. The number of nitrogens with one attached hydrogen (secondary N) is 1. The summed E-state index contributed by atoms with van der Waals surface area (Å²) in [5.41, 5.74) is -0.182. The van der Waals surface area contributed by atoms with Crippen LogP contribution in [0.5, 0.6) is 0 Å². The van der Waals surface area contributed by atoms with E-state index < -0.39 is 27.3 Å². The van der Waals surface area contributed by atoms with E-state index in [-0.39, 0.29) is 10.6 Å². The van der Waals surface area contributed by atoms with Crippen LogP contribution < -0.4 is 10.5 Å². The molecule has 0 unspecified atom stereocenters. The number of hydrogen-bond acceptors (Lipinski definition) is 5. The van der Waals surface area contributed by atoms with Gasteiger partial charge in [0.05, 0.1) is 16.1 Å². The molecule has 25 heavy (non-hydrogen) atoms. The second-order valence-corrected chi connectivity index (χ2v) is 6.53. The van der Waals surface area contributed by atoms with Gasteiger partial charge in [0.25, 0.3) is 5.91 Å². The highest BCUT2D eigenvalue weighted by Gasteiger charge is 2.18. The number of rotatable bonds is 4. The molecule has 10 heteroatoms. The molecule has 8 nitrogen and oxygen atoms in total. The molecule has 0 fully saturated rings. The average molecular weight is 361 g/mol. The Labute approximate surface area is 142 Å².